The number of fused-ring (bicyclic) bond motifs is 1. The molecule has 30 heavy (non-hydrogen) atoms. The van der Waals surface area contributed by atoms with Gasteiger partial charge in [-0.25, -0.2) is 4.98 Å². The van der Waals surface area contributed by atoms with Crippen LogP contribution in [0.15, 0.2) is 78.9 Å². The summed E-state index contributed by atoms with van der Waals surface area (Å²) in [4.78, 5) is 19.7. The molecule has 0 saturated carbocycles. The molecule has 5 heteroatoms. The van der Waals surface area contributed by atoms with Crippen molar-refractivity contribution in [3.63, 3.8) is 0 Å². The summed E-state index contributed by atoms with van der Waals surface area (Å²) in [6.45, 7) is 2.81. The molecule has 2 atom stereocenters. The van der Waals surface area contributed by atoms with Crippen LogP contribution in [-0.2, 0) is 4.79 Å². The molecule has 0 spiro atoms. The molecule has 1 fully saturated rings. The van der Waals surface area contributed by atoms with E-state index in [-0.39, 0.29) is 17.9 Å². The molecular formula is C25H22ClN3O. The van der Waals surface area contributed by atoms with E-state index in [0.717, 1.165) is 22.5 Å². The van der Waals surface area contributed by atoms with Crippen molar-refractivity contribution in [2.75, 3.05) is 11.4 Å². The van der Waals surface area contributed by atoms with Crippen LogP contribution in [0, 0.1) is 0 Å². The van der Waals surface area contributed by atoms with Gasteiger partial charge in [0.15, 0.2) is 0 Å². The van der Waals surface area contributed by atoms with Gasteiger partial charge in [-0.3, -0.25) is 4.79 Å². The molecule has 3 aromatic carbocycles. The predicted molar refractivity (Wildman–Crippen MR) is 121 cm³/mol. The Morgan fingerprint density at radius 1 is 0.967 bits per heavy atom. The third kappa shape index (κ3) is 3.27. The Bertz CT molecular complexity index is 1200. The largest absolute Gasteiger partial charge is 0.320 e. The van der Waals surface area contributed by atoms with Crippen molar-refractivity contribution >= 4 is 34.2 Å². The lowest BCUT2D eigenvalue weighted by Gasteiger charge is -2.21. The minimum Gasteiger partial charge on any atom is -0.320 e. The topological polar surface area (TPSA) is 38.1 Å². The van der Waals surface area contributed by atoms with E-state index in [9.17, 15) is 4.79 Å². The molecule has 1 saturated heterocycles. The molecule has 0 aliphatic carbocycles. The first kappa shape index (κ1) is 18.9. The number of imidazole rings is 1. The highest BCUT2D eigenvalue weighted by Gasteiger charge is 2.35. The highest BCUT2D eigenvalue weighted by molar-refractivity contribution is 6.30. The van der Waals surface area contributed by atoms with Crippen LogP contribution in [0.5, 0.6) is 0 Å². The number of halogens is 1. The van der Waals surface area contributed by atoms with Crippen LogP contribution in [0.4, 0.5) is 5.69 Å². The van der Waals surface area contributed by atoms with Gasteiger partial charge in [0, 0.05) is 29.6 Å². The molecule has 1 amide bonds. The van der Waals surface area contributed by atoms with Gasteiger partial charge in [-0.15, -0.1) is 0 Å². The Balaban J connectivity index is 1.56. The van der Waals surface area contributed by atoms with E-state index in [4.69, 9.17) is 16.6 Å². The number of benzene rings is 3. The molecule has 150 valence electrons. The molecule has 4 aromatic rings. The van der Waals surface area contributed by atoms with E-state index < -0.39 is 0 Å². The Morgan fingerprint density at radius 2 is 1.67 bits per heavy atom. The fourth-order valence-electron chi connectivity index (χ4n) is 4.39. The number of para-hydroxylation sites is 2. The number of carbonyl (C=O) groups is 1. The van der Waals surface area contributed by atoms with Gasteiger partial charge in [-0.2, -0.15) is 0 Å². The van der Waals surface area contributed by atoms with E-state index in [2.05, 4.69) is 41.8 Å². The van der Waals surface area contributed by atoms with Crippen LogP contribution in [0.3, 0.4) is 0 Å². The first-order valence-electron chi connectivity index (χ1n) is 10.2. The number of hydrogen-bond donors (Lipinski definition) is 0. The lowest BCUT2D eigenvalue weighted by Crippen LogP contribution is -2.24. The second kappa shape index (κ2) is 7.62. The summed E-state index contributed by atoms with van der Waals surface area (Å²) in [5.74, 6) is 1.12. The second-order valence-electron chi connectivity index (χ2n) is 7.80. The van der Waals surface area contributed by atoms with Crippen LogP contribution in [-0.4, -0.2) is 22.0 Å². The van der Waals surface area contributed by atoms with Crippen LogP contribution in [0.1, 0.15) is 36.7 Å². The normalized spacial score (nSPS) is 17.6. The van der Waals surface area contributed by atoms with E-state index >= 15 is 0 Å². The number of nitrogens with zero attached hydrogens (tertiary/aromatic N) is 3. The summed E-state index contributed by atoms with van der Waals surface area (Å²) in [6, 6.07) is 26.2. The predicted octanol–water partition coefficient (Wildman–Crippen LogP) is 5.82. The van der Waals surface area contributed by atoms with Crippen LogP contribution in [0.2, 0.25) is 5.02 Å². The van der Waals surface area contributed by atoms with Gasteiger partial charge >= 0.3 is 0 Å². The zero-order valence-corrected chi connectivity index (χ0v) is 17.5. The highest BCUT2D eigenvalue weighted by atomic mass is 35.5. The molecular weight excluding hydrogens is 394 g/mol. The average Bonchev–Trinajstić information content (AvgIpc) is 3.35. The summed E-state index contributed by atoms with van der Waals surface area (Å²) >= 11 is 6.02. The van der Waals surface area contributed by atoms with Gasteiger partial charge in [-0.05, 0) is 48.9 Å². The summed E-state index contributed by atoms with van der Waals surface area (Å²) in [6.07, 6.45) is 0.452. The first-order chi connectivity index (χ1) is 14.6. The number of hydrogen-bond acceptors (Lipinski definition) is 2. The first-order valence-corrected chi connectivity index (χ1v) is 10.6. The van der Waals surface area contributed by atoms with Gasteiger partial charge in [0.05, 0.1) is 17.1 Å². The molecule has 2 heterocycles. The van der Waals surface area contributed by atoms with E-state index in [0.29, 0.717) is 18.0 Å². The smallest absolute Gasteiger partial charge is 0.227 e. The number of amides is 1. The second-order valence-corrected chi connectivity index (χ2v) is 8.23. The maximum Gasteiger partial charge on any atom is 0.227 e. The molecule has 4 nitrogen and oxygen atoms in total. The molecule has 0 bridgehead atoms. The molecule has 0 unspecified atom stereocenters. The maximum atomic E-state index is 12.9. The molecule has 0 N–H and O–H groups in total. The van der Waals surface area contributed by atoms with Gasteiger partial charge in [0.2, 0.25) is 5.91 Å². The van der Waals surface area contributed by atoms with E-state index in [1.54, 1.807) is 0 Å². The van der Waals surface area contributed by atoms with E-state index in [1.165, 1.54) is 5.56 Å². The van der Waals surface area contributed by atoms with Crippen molar-refractivity contribution in [2.24, 2.45) is 0 Å². The fourth-order valence-corrected chi connectivity index (χ4v) is 4.52. The molecule has 1 aliphatic rings. The van der Waals surface area contributed by atoms with Crippen molar-refractivity contribution in [1.82, 2.24) is 9.55 Å². The SMILES string of the molecule is C[C@H](c1ccccc1)n1c([C@H]2CC(=O)N(c3ccc(Cl)cc3)C2)nc2ccccc21. The van der Waals surface area contributed by atoms with Gasteiger partial charge in [0.1, 0.15) is 5.82 Å². The van der Waals surface area contributed by atoms with Gasteiger partial charge in [-0.1, -0.05) is 54.1 Å². The lowest BCUT2D eigenvalue weighted by molar-refractivity contribution is -0.117. The Hall–Kier alpha value is -3.11. The average molecular weight is 416 g/mol. The Morgan fingerprint density at radius 3 is 2.43 bits per heavy atom. The summed E-state index contributed by atoms with van der Waals surface area (Å²) < 4.78 is 2.30. The van der Waals surface area contributed by atoms with Crippen molar-refractivity contribution < 1.29 is 4.79 Å². The molecule has 1 aromatic heterocycles. The summed E-state index contributed by atoms with van der Waals surface area (Å²) in [5, 5.41) is 0.667. The van der Waals surface area contributed by atoms with Crippen molar-refractivity contribution in [2.45, 2.75) is 25.3 Å². The standard InChI is InChI=1S/C25H22ClN3O/c1-17(18-7-3-2-4-8-18)29-23-10-6-5-9-22(23)27-25(29)19-15-24(30)28(16-19)21-13-11-20(26)12-14-21/h2-14,17,19H,15-16H2,1H3/t17-,19+/m1/s1. The molecule has 5 rings (SSSR count). The number of rotatable bonds is 4. The summed E-state index contributed by atoms with van der Waals surface area (Å²) in [7, 11) is 0. The maximum absolute atomic E-state index is 12.9. The molecule has 0 radical (unpaired) electrons. The van der Waals surface area contributed by atoms with Crippen LogP contribution in [0.25, 0.3) is 11.0 Å². The third-order valence-electron chi connectivity index (χ3n) is 5.92. The Labute approximate surface area is 180 Å². The lowest BCUT2D eigenvalue weighted by atomic mass is 10.0. The zero-order valence-electron chi connectivity index (χ0n) is 16.7. The third-order valence-corrected chi connectivity index (χ3v) is 6.17. The Kier molecular flexibility index (Phi) is 4.80. The fraction of sp³-hybridized carbons (Fsp3) is 0.200. The zero-order chi connectivity index (χ0) is 20.7. The number of aromatic nitrogens is 2. The number of anilines is 1. The van der Waals surface area contributed by atoms with Crippen molar-refractivity contribution in [1.29, 1.82) is 0 Å². The van der Waals surface area contributed by atoms with Crippen LogP contribution >= 0.6 is 11.6 Å². The van der Waals surface area contributed by atoms with Gasteiger partial charge in [0.25, 0.3) is 0 Å². The quantitative estimate of drug-likeness (QED) is 0.421. The van der Waals surface area contributed by atoms with Crippen molar-refractivity contribution in [3.8, 4) is 0 Å². The van der Waals surface area contributed by atoms with Crippen LogP contribution < -0.4 is 4.90 Å². The monoisotopic (exact) mass is 415 g/mol. The van der Waals surface area contributed by atoms with E-state index in [1.807, 2.05) is 53.4 Å². The molecule has 1 aliphatic heterocycles. The highest BCUT2D eigenvalue weighted by Crippen LogP contribution is 2.36. The minimum atomic E-state index is 0.0340. The van der Waals surface area contributed by atoms with Gasteiger partial charge < -0.3 is 9.47 Å². The van der Waals surface area contributed by atoms with Crippen molar-refractivity contribution in [3.05, 3.63) is 95.3 Å². The minimum absolute atomic E-state index is 0.0340. The summed E-state index contributed by atoms with van der Waals surface area (Å²) in [5.41, 5.74) is 4.17. The number of carbonyl (C=O) groups excluding carboxylic acids is 1.